The van der Waals surface area contributed by atoms with Crippen molar-refractivity contribution in [3.63, 3.8) is 0 Å². The fourth-order valence-electron chi connectivity index (χ4n) is 1.19. The van der Waals surface area contributed by atoms with E-state index in [4.69, 9.17) is 5.73 Å². The third-order valence-electron chi connectivity index (χ3n) is 2.19. The molecule has 0 saturated heterocycles. The maximum absolute atomic E-state index is 11.8. The number of thiazole rings is 1. The molecule has 1 rings (SSSR count). The van der Waals surface area contributed by atoms with E-state index in [1.54, 1.807) is 6.20 Å². The predicted octanol–water partition coefficient (Wildman–Crippen LogP) is 0.0665. The maximum Gasteiger partial charge on any atom is 0.279 e. The lowest BCUT2D eigenvalue weighted by Crippen LogP contribution is -2.38. The Morgan fingerprint density at radius 3 is 2.82 bits per heavy atom. The summed E-state index contributed by atoms with van der Waals surface area (Å²) < 4.78 is 27.3. The van der Waals surface area contributed by atoms with Crippen LogP contribution in [-0.4, -0.2) is 37.8 Å². The van der Waals surface area contributed by atoms with Crippen LogP contribution in [0, 0.1) is 6.92 Å². The minimum Gasteiger partial charge on any atom is -0.330 e. The third-order valence-corrected chi connectivity index (χ3v) is 4.61. The summed E-state index contributed by atoms with van der Waals surface area (Å²) in [5.41, 5.74) is 5.34. The van der Waals surface area contributed by atoms with Crippen molar-refractivity contribution in [2.24, 2.45) is 5.73 Å². The Labute approximate surface area is 106 Å². The van der Waals surface area contributed by atoms with Gasteiger partial charge in [0.2, 0.25) is 0 Å². The quantitative estimate of drug-likeness (QED) is 0.738. The molecular formula is C9H18N4O2S2. The zero-order chi connectivity index (χ0) is 12.9. The van der Waals surface area contributed by atoms with Gasteiger partial charge in [0.15, 0.2) is 0 Å². The van der Waals surface area contributed by atoms with Gasteiger partial charge in [0.1, 0.15) is 0 Å². The first-order valence-electron chi connectivity index (χ1n) is 5.28. The number of aromatic nitrogens is 1. The summed E-state index contributed by atoms with van der Waals surface area (Å²) in [7, 11) is -1.88. The molecule has 0 atom stereocenters. The van der Waals surface area contributed by atoms with E-state index in [9.17, 15) is 8.42 Å². The summed E-state index contributed by atoms with van der Waals surface area (Å²) in [4.78, 5) is 4.97. The average Bonchev–Trinajstić information content (AvgIpc) is 2.69. The SMILES string of the molecule is Cc1ncc(CNS(=O)(=O)N(C)CCCN)s1. The molecule has 1 aromatic rings. The summed E-state index contributed by atoms with van der Waals surface area (Å²) in [5, 5.41) is 0.927. The van der Waals surface area contributed by atoms with E-state index in [0.717, 1.165) is 9.88 Å². The summed E-state index contributed by atoms with van der Waals surface area (Å²) in [6.45, 7) is 3.07. The van der Waals surface area contributed by atoms with Gasteiger partial charge in [-0.3, -0.25) is 0 Å². The third kappa shape index (κ3) is 4.68. The molecule has 0 amide bonds. The summed E-state index contributed by atoms with van der Waals surface area (Å²) >= 11 is 1.48. The van der Waals surface area contributed by atoms with Gasteiger partial charge in [0, 0.05) is 31.2 Å². The van der Waals surface area contributed by atoms with E-state index in [-0.39, 0.29) is 6.54 Å². The van der Waals surface area contributed by atoms with Crippen LogP contribution in [0.1, 0.15) is 16.3 Å². The van der Waals surface area contributed by atoms with Crippen molar-refractivity contribution < 1.29 is 8.42 Å². The molecule has 8 heteroatoms. The molecule has 0 radical (unpaired) electrons. The van der Waals surface area contributed by atoms with Crippen molar-refractivity contribution >= 4 is 21.5 Å². The molecule has 0 aliphatic rings. The number of aryl methyl sites for hydroxylation is 1. The van der Waals surface area contributed by atoms with E-state index in [0.29, 0.717) is 19.5 Å². The van der Waals surface area contributed by atoms with Crippen LogP contribution in [0.3, 0.4) is 0 Å². The van der Waals surface area contributed by atoms with Crippen molar-refractivity contribution in [3.05, 3.63) is 16.1 Å². The van der Waals surface area contributed by atoms with Crippen LogP contribution in [0.2, 0.25) is 0 Å². The Hall–Kier alpha value is -0.540. The zero-order valence-corrected chi connectivity index (χ0v) is 11.6. The molecule has 0 aliphatic heterocycles. The lowest BCUT2D eigenvalue weighted by Gasteiger charge is -2.16. The highest BCUT2D eigenvalue weighted by atomic mass is 32.2. The minimum atomic E-state index is -3.41. The second-order valence-electron chi connectivity index (χ2n) is 3.64. The highest BCUT2D eigenvalue weighted by Crippen LogP contribution is 2.11. The van der Waals surface area contributed by atoms with Crippen molar-refractivity contribution in [1.82, 2.24) is 14.0 Å². The normalized spacial score (nSPS) is 12.2. The molecule has 3 N–H and O–H groups in total. The minimum absolute atomic E-state index is 0.279. The first-order valence-corrected chi connectivity index (χ1v) is 7.53. The van der Waals surface area contributed by atoms with Crippen LogP contribution in [-0.2, 0) is 16.8 Å². The Kier molecular flexibility index (Phi) is 5.47. The number of hydrogen-bond acceptors (Lipinski definition) is 5. The van der Waals surface area contributed by atoms with Crippen LogP contribution in [0.15, 0.2) is 6.20 Å². The molecule has 98 valence electrons. The number of nitrogens with zero attached hydrogens (tertiary/aromatic N) is 2. The van der Waals surface area contributed by atoms with Gasteiger partial charge in [-0.05, 0) is 19.9 Å². The van der Waals surface area contributed by atoms with E-state index in [1.807, 2.05) is 6.92 Å². The van der Waals surface area contributed by atoms with Gasteiger partial charge >= 0.3 is 0 Å². The molecule has 1 aromatic heterocycles. The summed E-state index contributed by atoms with van der Waals surface area (Å²) in [6, 6.07) is 0. The maximum atomic E-state index is 11.8. The van der Waals surface area contributed by atoms with E-state index >= 15 is 0 Å². The lowest BCUT2D eigenvalue weighted by atomic mass is 10.4. The van der Waals surface area contributed by atoms with Crippen LogP contribution < -0.4 is 10.5 Å². The van der Waals surface area contributed by atoms with E-state index in [2.05, 4.69) is 9.71 Å². The first kappa shape index (κ1) is 14.5. The molecule has 1 heterocycles. The molecule has 0 aliphatic carbocycles. The summed E-state index contributed by atoms with van der Waals surface area (Å²) in [6.07, 6.45) is 2.33. The average molecular weight is 278 g/mol. The molecule has 0 aromatic carbocycles. The molecule has 0 fully saturated rings. The zero-order valence-electron chi connectivity index (χ0n) is 10.0. The van der Waals surface area contributed by atoms with E-state index in [1.165, 1.54) is 22.7 Å². The van der Waals surface area contributed by atoms with Crippen molar-refractivity contribution in [3.8, 4) is 0 Å². The van der Waals surface area contributed by atoms with Crippen LogP contribution >= 0.6 is 11.3 Å². The number of nitrogens with one attached hydrogen (secondary N) is 1. The summed E-state index contributed by atoms with van der Waals surface area (Å²) in [5.74, 6) is 0. The van der Waals surface area contributed by atoms with Gasteiger partial charge in [-0.25, -0.2) is 4.98 Å². The molecule has 6 nitrogen and oxygen atoms in total. The Balaban J connectivity index is 2.49. The fraction of sp³-hybridized carbons (Fsp3) is 0.667. The van der Waals surface area contributed by atoms with E-state index < -0.39 is 10.2 Å². The number of rotatable bonds is 7. The largest absolute Gasteiger partial charge is 0.330 e. The predicted molar refractivity (Wildman–Crippen MR) is 68.9 cm³/mol. The second-order valence-corrected chi connectivity index (χ2v) is 6.82. The van der Waals surface area contributed by atoms with Crippen molar-refractivity contribution in [2.45, 2.75) is 19.9 Å². The molecule has 17 heavy (non-hydrogen) atoms. The Bertz CT molecular complexity index is 444. The number of nitrogens with two attached hydrogens (primary N) is 1. The molecule has 0 unspecified atom stereocenters. The van der Waals surface area contributed by atoms with Gasteiger partial charge in [0.25, 0.3) is 10.2 Å². The van der Waals surface area contributed by atoms with Crippen LogP contribution in [0.25, 0.3) is 0 Å². The van der Waals surface area contributed by atoms with Crippen molar-refractivity contribution in [2.75, 3.05) is 20.1 Å². The smallest absolute Gasteiger partial charge is 0.279 e. The first-order chi connectivity index (χ1) is 7.95. The lowest BCUT2D eigenvalue weighted by molar-refractivity contribution is 0.453. The highest BCUT2D eigenvalue weighted by molar-refractivity contribution is 7.87. The monoisotopic (exact) mass is 278 g/mol. The molecular weight excluding hydrogens is 260 g/mol. The van der Waals surface area contributed by atoms with Gasteiger partial charge in [-0.1, -0.05) is 0 Å². The van der Waals surface area contributed by atoms with Gasteiger partial charge < -0.3 is 5.73 Å². The van der Waals surface area contributed by atoms with Gasteiger partial charge in [-0.2, -0.15) is 17.4 Å². The highest BCUT2D eigenvalue weighted by Gasteiger charge is 2.16. The van der Waals surface area contributed by atoms with Gasteiger partial charge in [0.05, 0.1) is 5.01 Å². The van der Waals surface area contributed by atoms with Gasteiger partial charge in [-0.15, -0.1) is 11.3 Å². The van der Waals surface area contributed by atoms with Crippen LogP contribution in [0.5, 0.6) is 0 Å². The number of hydrogen-bond donors (Lipinski definition) is 2. The molecule has 0 spiro atoms. The van der Waals surface area contributed by atoms with Crippen molar-refractivity contribution in [1.29, 1.82) is 0 Å². The topological polar surface area (TPSA) is 88.3 Å². The standard InChI is InChI=1S/C9H18N4O2S2/c1-8-11-6-9(16-8)7-12-17(14,15)13(2)5-3-4-10/h6,12H,3-5,7,10H2,1-2H3. The molecule has 0 bridgehead atoms. The fourth-order valence-corrected chi connectivity index (χ4v) is 2.95. The second kappa shape index (κ2) is 6.41. The molecule has 0 saturated carbocycles. The Morgan fingerprint density at radius 2 is 2.29 bits per heavy atom. The van der Waals surface area contributed by atoms with Crippen LogP contribution in [0.4, 0.5) is 0 Å². The Morgan fingerprint density at radius 1 is 1.59 bits per heavy atom.